The van der Waals surface area contributed by atoms with Crippen molar-refractivity contribution < 1.29 is 23.8 Å². The van der Waals surface area contributed by atoms with Gasteiger partial charge in [0.1, 0.15) is 0 Å². The molecule has 0 atom stereocenters. The van der Waals surface area contributed by atoms with Crippen LogP contribution in [0.25, 0.3) is 0 Å². The number of rotatable bonds is 7. The largest absolute Gasteiger partial charge is 0.493 e. The number of hydrogen-bond donors (Lipinski definition) is 1. The Bertz CT molecular complexity index is 801. The van der Waals surface area contributed by atoms with Gasteiger partial charge in [0.25, 0.3) is 0 Å². The van der Waals surface area contributed by atoms with Crippen molar-refractivity contribution in [2.45, 2.75) is 20.3 Å². The number of carbonyl (C=O) groups excluding carboxylic acids is 2. The summed E-state index contributed by atoms with van der Waals surface area (Å²) in [5.74, 6) is 0.579. The molecule has 0 saturated carbocycles. The van der Waals surface area contributed by atoms with Crippen LogP contribution in [0.1, 0.15) is 28.4 Å². The molecule has 0 unspecified atom stereocenters. The van der Waals surface area contributed by atoms with Gasteiger partial charge in [0, 0.05) is 5.69 Å². The van der Waals surface area contributed by atoms with Gasteiger partial charge in [-0.25, -0.2) is 4.79 Å². The summed E-state index contributed by atoms with van der Waals surface area (Å²) >= 11 is 0. The van der Waals surface area contributed by atoms with Crippen LogP contribution >= 0.6 is 0 Å². The van der Waals surface area contributed by atoms with Crippen molar-refractivity contribution in [2.24, 2.45) is 0 Å². The summed E-state index contributed by atoms with van der Waals surface area (Å²) in [6.07, 6.45) is 0.170. The molecule has 2 aromatic carbocycles. The van der Waals surface area contributed by atoms with Gasteiger partial charge in [-0.1, -0.05) is 12.1 Å². The molecule has 2 rings (SSSR count). The molecule has 0 saturated heterocycles. The van der Waals surface area contributed by atoms with Gasteiger partial charge in [-0.3, -0.25) is 4.79 Å². The molecule has 0 aliphatic rings. The molecule has 0 bridgehead atoms. The van der Waals surface area contributed by atoms with Crippen LogP contribution in [0, 0.1) is 6.92 Å². The van der Waals surface area contributed by atoms with Gasteiger partial charge < -0.3 is 19.5 Å². The molecule has 0 aromatic heterocycles. The Morgan fingerprint density at radius 1 is 1.04 bits per heavy atom. The van der Waals surface area contributed by atoms with Gasteiger partial charge in [-0.05, 0) is 49.2 Å². The van der Waals surface area contributed by atoms with Crippen LogP contribution in [0.3, 0.4) is 0 Å². The Morgan fingerprint density at radius 2 is 1.77 bits per heavy atom. The molecular weight excluding hydrogens is 334 g/mol. The van der Waals surface area contributed by atoms with Crippen molar-refractivity contribution in [1.82, 2.24) is 0 Å². The molecule has 0 aliphatic heterocycles. The van der Waals surface area contributed by atoms with Crippen LogP contribution in [0.4, 0.5) is 5.69 Å². The predicted octanol–water partition coefficient (Wildman–Crippen LogP) is 3.37. The fourth-order valence-electron chi connectivity index (χ4n) is 2.57. The van der Waals surface area contributed by atoms with E-state index in [2.05, 4.69) is 5.32 Å². The minimum Gasteiger partial charge on any atom is -0.493 e. The highest BCUT2D eigenvalue weighted by Gasteiger charge is 2.14. The van der Waals surface area contributed by atoms with E-state index in [-0.39, 0.29) is 12.3 Å². The summed E-state index contributed by atoms with van der Waals surface area (Å²) in [5.41, 5.74) is 2.49. The summed E-state index contributed by atoms with van der Waals surface area (Å²) < 4.78 is 15.5. The fourth-order valence-corrected chi connectivity index (χ4v) is 2.57. The smallest absolute Gasteiger partial charge is 0.338 e. The zero-order chi connectivity index (χ0) is 19.1. The zero-order valence-electron chi connectivity index (χ0n) is 15.4. The molecule has 138 valence electrons. The fraction of sp³-hybridized carbons (Fsp3) is 0.300. The third kappa shape index (κ3) is 4.53. The van der Waals surface area contributed by atoms with E-state index in [1.165, 1.54) is 0 Å². The monoisotopic (exact) mass is 357 g/mol. The van der Waals surface area contributed by atoms with E-state index in [1.54, 1.807) is 58.4 Å². The Balaban J connectivity index is 2.13. The second-order valence-electron chi connectivity index (χ2n) is 5.61. The number of hydrogen-bond acceptors (Lipinski definition) is 5. The number of benzene rings is 2. The lowest BCUT2D eigenvalue weighted by Crippen LogP contribution is -2.16. The lowest BCUT2D eigenvalue weighted by molar-refractivity contribution is -0.115. The Hall–Kier alpha value is -3.02. The van der Waals surface area contributed by atoms with E-state index in [4.69, 9.17) is 14.2 Å². The molecule has 6 nitrogen and oxygen atoms in total. The maximum Gasteiger partial charge on any atom is 0.338 e. The minimum atomic E-state index is -0.402. The minimum absolute atomic E-state index is 0.170. The molecule has 0 aliphatic carbocycles. The van der Waals surface area contributed by atoms with Gasteiger partial charge >= 0.3 is 5.97 Å². The topological polar surface area (TPSA) is 73.9 Å². The van der Waals surface area contributed by atoms with E-state index in [9.17, 15) is 9.59 Å². The van der Waals surface area contributed by atoms with Gasteiger partial charge in [-0.2, -0.15) is 0 Å². The summed E-state index contributed by atoms with van der Waals surface area (Å²) in [7, 11) is 3.11. The number of anilines is 1. The van der Waals surface area contributed by atoms with Crippen LogP contribution < -0.4 is 14.8 Å². The van der Waals surface area contributed by atoms with Crippen LogP contribution in [-0.2, 0) is 16.0 Å². The van der Waals surface area contributed by atoms with Gasteiger partial charge in [0.05, 0.1) is 32.8 Å². The van der Waals surface area contributed by atoms with Crippen molar-refractivity contribution in [3.8, 4) is 11.5 Å². The molecule has 0 radical (unpaired) electrons. The molecular formula is C20H23NO5. The van der Waals surface area contributed by atoms with Crippen molar-refractivity contribution >= 4 is 17.6 Å². The van der Waals surface area contributed by atoms with Crippen molar-refractivity contribution in [3.63, 3.8) is 0 Å². The maximum absolute atomic E-state index is 12.4. The van der Waals surface area contributed by atoms with E-state index in [0.717, 1.165) is 5.56 Å². The van der Waals surface area contributed by atoms with Crippen LogP contribution in [0.5, 0.6) is 11.5 Å². The SMILES string of the molecule is CCOC(=O)c1cccc(NC(=O)Cc2ccc(OC)c(OC)c2)c1C. The lowest BCUT2D eigenvalue weighted by atomic mass is 10.1. The molecule has 2 aromatic rings. The van der Waals surface area contributed by atoms with Crippen LogP contribution in [-0.4, -0.2) is 32.7 Å². The van der Waals surface area contributed by atoms with Crippen molar-refractivity contribution in [1.29, 1.82) is 0 Å². The first-order valence-corrected chi connectivity index (χ1v) is 8.27. The van der Waals surface area contributed by atoms with E-state index >= 15 is 0 Å². The molecule has 1 N–H and O–H groups in total. The third-order valence-corrected chi connectivity index (χ3v) is 3.92. The number of nitrogens with one attached hydrogen (secondary N) is 1. The average molecular weight is 357 g/mol. The summed E-state index contributed by atoms with van der Waals surface area (Å²) in [5, 5.41) is 2.84. The highest BCUT2D eigenvalue weighted by molar-refractivity contribution is 5.97. The van der Waals surface area contributed by atoms with Gasteiger partial charge in [0.2, 0.25) is 5.91 Å². The van der Waals surface area contributed by atoms with Crippen LogP contribution in [0.15, 0.2) is 36.4 Å². The van der Waals surface area contributed by atoms with E-state index in [0.29, 0.717) is 34.9 Å². The standard InChI is InChI=1S/C20H23NO5/c1-5-26-20(23)15-7-6-8-16(13(15)2)21-19(22)12-14-9-10-17(24-3)18(11-14)25-4/h6-11H,5,12H2,1-4H3,(H,21,22). The van der Waals surface area contributed by atoms with E-state index < -0.39 is 5.97 Å². The first-order valence-electron chi connectivity index (χ1n) is 8.27. The Labute approximate surface area is 153 Å². The third-order valence-electron chi connectivity index (χ3n) is 3.92. The highest BCUT2D eigenvalue weighted by Crippen LogP contribution is 2.28. The molecule has 1 amide bonds. The van der Waals surface area contributed by atoms with Crippen molar-refractivity contribution in [3.05, 3.63) is 53.1 Å². The van der Waals surface area contributed by atoms with Gasteiger partial charge in [-0.15, -0.1) is 0 Å². The number of carbonyl (C=O) groups is 2. The quantitative estimate of drug-likeness (QED) is 0.769. The highest BCUT2D eigenvalue weighted by atomic mass is 16.5. The normalized spacial score (nSPS) is 10.2. The maximum atomic E-state index is 12.4. The summed E-state index contributed by atoms with van der Waals surface area (Å²) in [6, 6.07) is 10.5. The number of esters is 1. The first-order chi connectivity index (χ1) is 12.5. The Morgan fingerprint density at radius 3 is 2.42 bits per heavy atom. The molecule has 0 spiro atoms. The summed E-state index contributed by atoms with van der Waals surface area (Å²) in [6.45, 7) is 3.83. The average Bonchev–Trinajstić information content (AvgIpc) is 2.63. The molecule has 26 heavy (non-hydrogen) atoms. The summed E-state index contributed by atoms with van der Waals surface area (Å²) in [4.78, 5) is 24.4. The van der Waals surface area contributed by atoms with Crippen molar-refractivity contribution in [2.75, 3.05) is 26.1 Å². The lowest BCUT2D eigenvalue weighted by Gasteiger charge is -2.13. The Kier molecular flexibility index (Phi) is 6.60. The molecule has 0 heterocycles. The number of ether oxygens (including phenoxy) is 3. The first kappa shape index (κ1) is 19.3. The van der Waals surface area contributed by atoms with Gasteiger partial charge in [0.15, 0.2) is 11.5 Å². The number of methoxy groups -OCH3 is 2. The molecule has 0 fully saturated rings. The second kappa shape index (κ2) is 8.89. The number of amides is 1. The molecule has 6 heteroatoms. The zero-order valence-corrected chi connectivity index (χ0v) is 15.4. The van der Waals surface area contributed by atoms with E-state index in [1.807, 2.05) is 6.07 Å². The second-order valence-corrected chi connectivity index (χ2v) is 5.61. The van der Waals surface area contributed by atoms with Crippen LogP contribution in [0.2, 0.25) is 0 Å². The predicted molar refractivity (Wildman–Crippen MR) is 99.0 cm³/mol.